The summed E-state index contributed by atoms with van der Waals surface area (Å²) >= 11 is 0. The maximum Gasteiger partial charge on any atom is -0.00266 e. The molecule has 0 fully saturated rings. The van der Waals surface area contributed by atoms with Gasteiger partial charge in [-0.2, -0.15) is 0 Å². The first-order chi connectivity index (χ1) is 19.2. The zero-order valence-corrected chi connectivity index (χ0v) is 21.8. The van der Waals surface area contributed by atoms with Crippen LogP contribution in [0.15, 0.2) is 140 Å². The van der Waals surface area contributed by atoms with E-state index < -0.39 is 0 Å². The van der Waals surface area contributed by atoms with Crippen molar-refractivity contribution in [1.29, 1.82) is 0 Å². The second-order valence-electron chi connectivity index (χ2n) is 10.6. The lowest BCUT2D eigenvalue weighted by Gasteiger charge is -2.13. The molecular formula is C39H26. The third-order valence-electron chi connectivity index (χ3n) is 8.34. The predicted octanol–water partition coefficient (Wildman–Crippen LogP) is 11.1. The molecule has 0 N–H and O–H groups in total. The monoisotopic (exact) mass is 494 g/mol. The standard InChI is InChI=1S/C39H26/c1-25-22-30(18-20-34(25)32-19-21-36-33(23-32)17-13-26-6-2-4-8-35(26)36)31-16-12-28-11-15-29-14-10-27-7-3-5-9-37(27)39(29)38(28)24-31/h2-24H,1H3. The van der Waals surface area contributed by atoms with Crippen LogP contribution in [0.2, 0.25) is 0 Å². The van der Waals surface area contributed by atoms with Crippen LogP contribution in [0.5, 0.6) is 0 Å². The van der Waals surface area contributed by atoms with Gasteiger partial charge in [0.1, 0.15) is 0 Å². The van der Waals surface area contributed by atoms with E-state index in [1.807, 2.05) is 0 Å². The first-order valence-electron chi connectivity index (χ1n) is 13.6. The van der Waals surface area contributed by atoms with Crippen molar-refractivity contribution >= 4 is 53.9 Å². The van der Waals surface area contributed by atoms with Crippen molar-refractivity contribution in [2.75, 3.05) is 0 Å². The lowest BCUT2D eigenvalue weighted by atomic mass is 9.91. The molecule has 0 aromatic heterocycles. The fraction of sp³-hybridized carbons (Fsp3) is 0.0256. The molecule has 0 saturated heterocycles. The fourth-order valence-electron chi connectivity index (χ4n) is 6.35. The summed E-state index contributed by atoms with van der Waals surface area (Å²) in [5.41, 5.74) is 6.34. The number of rotatable bonds is 2. The van der Waals surface area contributed by atoms with E-state index in [9.17, 15) is 0 Å². The lowest BCUT2D eigenvalue weighted by Crippen LogP contribution is -1.87. The van der Waals surface area contributed by atoms with Crippen molar-refractivity contribution < 1.29 is 0 Å². The molecule has 39 heavy (non-hydrogen) atoms. The van der Waals surface area contributed by atoms with Gasteiger partial charge in [-0.15, -0.1) is 0 Å². The smallest absolute Gasteiger partial charge is 0.00266 e. The Bertz CT molecular complexity index is 2230. The minimum Gasteiger partial charge on any atom is -0.0616 e. The van der Waals surface area contributed by atoms with Gasteiger partial charge in [-0.05, 0) is 101 Å². The third-order valence-corrected chi connectivity index (χ3v) is 8.34. The molecular weight excluding hydrogens is 468 g/mol. The fourth-order valence-corrected chi connectivity index (χ4v) is 6.35. The van der Waals surface area contributed by atoms with E-state index in [1.54, 1.807) is 0 Å². The summed E-state index contributed by atoms with van der Waals surface area (Å²) in [4.78, 5) is 0. The number of benzene rings is 8. The Morgan fingerprint density at radius 3 is 1.67 bits per heavy atom. The van der Waals surface area contributed by atoms with Crippen LogP contribution >= 0.6 is 0 Å². The van der Waals surface area contributed by atoms with Gasteiger partial charge in [0.05, 0.1) is 0 Å². The van der Waals surface area contributed by atoms with E-state index in [1.165, 1.54) is 81.7 Å². The molecule has 0 spiro atoms. The molecule has 8 aromatic carbocycles. The molecule has 0 aliphatic carbocycles. The molecule has 0 bridgehead atoms. The Labute approximate surface area is 227 Å². The Morgan fingerprint density at radius 1 is 0.333 bits per heavy atom. The van der Waals surface area contributed by atoms with Crippen molar-refractivity contribution in [2.24, 2.45) is 0 Å². The van der Waals surface area contributed by atoms with Crippen LogP contribution in [0, 0.1) is 6.92 Å². The molecule has 8 aromatic rings. The van der Waals surface area contributed by atoms with Crippen LogP contribution in [0.25, 0.3) is 76.1 Å². The molecule has 0 aliphatic heterocycles. The van der Waals surface area contributed by atoms with E-state index in [0.29, 0.717) is 0 Å². The Morgan fingerprint density at radius 2 is 0.872 bits per heavy atom. The van der Waals surface area contributed by atoms with Gasteiger partial charge in [0, 0.05) is 0 Å². The zero-order chi connectivity index (χ0) is 25.9. The third kappa shape index (κ3) is 3.53. The molecule has 8 rings (SSSR count). The van der Waals surface area contributed by atoms with E-state index in [-0.39, 0.29) is 0 Å². The summed E-state index contributed by atoms with van der Waals surface area (Å²) in [6, 6.07) is 51.4. The zero-order valence-electron chi connectivity index (χ0n) is 21.8. The van der Waals surface area contributed by atoms with Crippen LogP contribution in [0.4, 0.5) is 0 Å². The molecule has 0 radical (unpaired) electrons. The topological polar surface area (TPSA) is 0 Å². The highest BCUT2D eigenvalue weighted by Crippen LogP contribution is 2.36. The number of hydrogen-bond acceptors (Lipinski definition) is 0. The van der Waals surface area contributed by atoms with E-state index >= 15 is 0 Å². The first kappa shape index (κ1) is 22.1. The summed E-state index contributed by atoms with van der Waals surface area (Å²) in [6.45, 7) is 2.23. The number of aryl methyl sites for hydroxylation is 1. The molecule has 0 heteroatoms. The molecule has 0 saturated carbocycles. The Kier molecular flexibility index (Phi) is 4.84. The van der Waals surface area contributed by atoms with Crippen LogP contribution in [-0.2, 0) is 0 Å². The SMILES string of the molecule is Cc1cc(-c2ccc3ccc4ccc5ccccc5c4c3c2)ccc1-c1ccc2c(ccc3ccccc32)c1. The highest BCUT2D eigenvalue weighted by Gasteiger charge is 2.10. The molecule has 0 unspecified atom stereocenters. The van der Waals surface area contributed by atoms with Gasteiger partial charge in [-0.25, -0.2) is 0 Å². The van der Waals surface area contributed by atoms with Gasteiger partial charge in [0.25, 0.3) is 0 Å². The van der Waals surface area contributed by atoms with Crippen molar-refractivity contribution in [1.82, 2.24) is 0 Å². The lowest BCUT2D eigenvalue weighted by molar-refractivity contribution is 1.46. The van der Waals surface area contributed by atoms with Crippen LogP contribution < -0.4 is 0 Å². The van der Waals surface area contributed by atoms with Gasteiger partial charge < -0.3 is 0 Å². The van der Waals surface area contributed by atoms with Crippen LogP contribution in [0.3, 0.4) is 0 Å². The molecule has 0 atom stereocenters. The molecule has 0 heterocycles. The van der Waals surface area contributed by atoms with Crippen molar-refractivity contribution in [2.45, 2.75) is 6.92 Å². The first-order valence-corrected chi connectivity index (χ1v) is 13.6. The summed E-state index contributed by atoms with van der Waals surface area (Å²) in [5, 5.41) is 13.0. The minimum absolute atomic E-state index is 1.25. The second-order valence-corrected chi connectivity index (χ2v) is 10.6. The largest absolute Gasteiger partial charge is 0.0616 e. The average Bonchev–Trinajstić information content (AvgIpc) is 3.00. The molecule has 0 aliphatic rings. The maximum absolute atomic E-state index is 2.37. The van der Waals surface area contributed by atoms with E-state index in [2.05, 4.69) is 146 Å². The molecule has 182 valence electrons. The van der Waals surface area contributed by atoms with Crippen molar-refractivity contribution in [3.05, 3.63) is 145 Å². The number of fused-ring (bicyclic) bond motifs is 8. The number of hydrogen-bond donors (Lipinski definition) is 0. The van der Waals surface area contributed by atoms with Crippen LogP contribution in [0.1, 0.15) is 5.56 Å². The predicted molar refractivity (Wildman–Crippen MR) is 170 cm³/mol. The Balaban J connectivity index is 1.25. The Hall–Kier alpha value is -4.94. The van der Waals surface area contributed by atoms with Gasteiger partial charge >= 0.3 is 0 Å². The summed E-state index contributed by atoms with van der Waals surface area (Å²) in [5.74, 6) is 0. The van der Waals surface area contributed by atoms with Crippen molar-refractivity contribution in [3.8, 4) is 22.3 Å². The molecule has 0 nitrogen and oxygen atoms in total. The second kappa shape index (κ2) is 8.55. The van der Waals surface area contributed by atoms with Crippen molar-refractivity contribution in [3.63, 3.8) is 0 Å². The highest BCUT2D eigenvalue weighted by atomic mass is 14.1. The summed E-state index contributed by atoms with van der Waals surface area (Å²) in [6.07, 6.45) is 0. The van der Waals surface area contributed by atoms with Crippen LogP contribution in [-0.4, -0.2) is 0 Å². The normalized spacial score (nSPS) is 11.7. The quantitative estimate of drug-likeness (QED) is 0.210. The van der Waals surface area contributed by atoms with E-state index in [4.69, 9.17) is 0 Å². The summed E-state index contributed by atoms with van der Waals surface area (Å²) < 4.78 is 0. The highest BCUT2D eigenvalue weighted by molar-refractivity contribution is 6.20. The average molecular weight is 495 g/mol. The van der Waals surface area contributed by atoms with Gasteiger partial charge in [-0.3, -0.25) is 0 Å². The molecule has 0 amide bonds. The van der Waals surface area contributed by atoms with Gasteiger partial charge in [-0.1, -0.05) is 127 Å². The van der Waals surface area contributed by atoms with E-state index in [0.717, 1.165) is 0 Å². The maximum atomic E-state index is 2.37. The van der Waals surface area contributed by atoms with Gasteiger partial charge in [0.2, 0.25) is 0 Å². The summed E-state index contributed by atoms with van der Waals surface area (Å²) in [7, 11) is 0. The minimum atomic E-state index is 1.25. The van der Waals surface area contributed by atoms with Gasteiger partial charge in [0.15, 0.2) is 0 Å².